The van der Waals surface area contributed by atoms with Gasteiger partial charge in [-0.15, -0.1) is 0 Å². The summed E-state index contributed by atoms with van der Waals surface area (Å²) in [6, 6.07) is 0. The van der Waals surface area contributed by atoms with Crippen molar-refractivity contribution in [2.45, 2.75) is 6.92 Å². The van der Waals surface area contributed by atoms with E-state index in [9.17, 15) is 9.90 Å². The standard InChI is InChI=1S/C7H6N5O2/c1-3(13)10-7-11-5-4(6(14)12-7)8-2-9-5/h2H,1H3,(H2,10,11,12,13,14). The Morgan fingerprint density at radius 1 is 1.50 bits per heavy atom. The molecule has 0 atom stereocenters. The lowest BCUT2D eigenvalue weighted by Crippen LogP contribution is -2.09. The topological polar surface area (TPSA) is 102 Å². The number of carbonyl (C=O) groups excluding carboxylic acids is 1. The number of rotatable bonds is 1. The molecule has 1 aliphatic rings. The Morgan fingerprint density at radius 2 is 2.29 bits per heavy atom. The van der Waals surface area contributed by atoms with E-state index < -0.39 is 0 Å². The maximum Gasteiger partial charge on any atom is 0.244 e. The van der Waals surface area contributed by atoms with Gasteiger partial charge < -0.3 is 5.11 Å². The second-order valence-corrected chi connectivity index (χ2v) is 2.60. The van der Waals surface area contributed by atoms with E-state index in [1.54, 1.807) is 0 Å². The summed E-state index contributed by atoms with van der Waals surface area (Å²) in [5.74, 6) is -0.344. The Bertz CT molecular complexity index is 428. The van der Waals surface area contributed by atoms with Gasteiger partial charge in [0.1, 0.15) is 6.34 Å². The molecule has 0 unspecified atom stereocenters. The normalized spacial score (nSPS) is 12.1. The number of aromatic hydroxyl groups is 1. The number of nitrogens with one attached hydrogen (secondary N) is 1. The molecular formula is C7H6N5O2. The smallest absolute Gasteiger partial charge is 0.244 e. The molecule has 14 heavy (non-hydrogen) atoms. The van der Waals surface area contributed by atoms with E-state index in [0.29, 0.717) is 0 Å². The molecule has 0 aliphatic carbocycles. The van der Waals surface area contributed by atoms with Gasteiger partial charge >= 0.3 is 0 Å². The van der Waals surface area contributed by atoms with Crippen LogP contribution < -0.4 is 10.6 Å². The number of aliphatic imine (C=N–C) groups is 1. The first-order valence-electron chi connectivity index (χ1n) is 3.79. The zero-order chi connectivity index (χ0) is 10.1. The van der Waals surface area contributed by atoms with Gasteiger partial charge in [0.05, 0.1) is 0 Å². The first-order valence-corrected chi connectivity index (χ1v) is 3.79. The summed E-state index contributed by atoms with van der Waals surface area (Å²) in [4.78, 5) is 21.9. The van der Waals surface area contributed by atoms with Crippen LogP contribution in [0.15, 0.2) is 4.99 Å². The van der Waals surface area contributed by atoms with Gasteiger partial charge in [-0.2, -0.15) is 9.97 Å². The van der Waals surface area contributed by atoms with Crippen molar-refractivity contribution in [3.63, 3.8) is 0 Å². The third-order valence-electron chi connectivity index (χ3n) is 1.50. The number of hydrogen-bond acceptors (Lipinski definition) is 5. The van der Waals surface area contributed by atoms with E-state index in [2.05, 4.69) is 25.6 Å². The summed E-state index contributed by atoms with van der Waals surface area (Å²) in [5, 5.41) is 15.5. The van der Waals surface area contributed by atoms with Crippen LogP contribution in [0, 0.1) is 0 Å². The molecule has 0 saturated carbocycles. The zero-order valence-electron chi connectivity index (χ0n) is 7.22. The van der Waals surface area contributed by atoms with Crippen molar-refractivity contribution in [1.29, 1.82) is 0 Å². The molecule has 2 heterocycles. The Hall–Kier alpha value is -2.18. The van der Waals surface area contributed by atoms with Gasteiger partial charge in [0, 0.05) is 6.92 Å². The molecule has 1 aromatic heterocycles. The first kappa shape index (κ1) is 8.42. The van der Waals surface area contributed by atoms with Crippen LogP contribution in [-0.2, 0) is 4.79 Å². The van der Waals surface area contributed by atoms with E-state index in [-0.39, 0.29) is 29.2 Å². The van der Waals surface area contributed by atoms with Crippen molar-refractivity contribution in [1.82, 2.24) is 15.3 Å². The van der Waals surface area contributed by atoms with E-state index >= 15 is 0 Å². The number of amides is 1. The monoisotopic (exact) mass is 192 g/mol. The van der Waals surface area contributed by atoms with Crippen LogP contribution in [0.4, 0.5) is 17.5 Å². The van der Waals surface area contributed by atoms with Gasteiger partial charge in [-0.25, -0.2) is 10.3 Å². The van der Waals surface area contributed by atoms with Crippen LogP contribution in [0.1, 0.15) is 6.92 Å². The maximum absolute atomic E-state index is 10.7. The molecule has 0 saturated heterocycles. The van der Waals surface area contributed by atoms with E-state index in [1.165, 1.54) is 13.3 Å². The van der Waals surface area contributed by atoms with Gasteiger partial charge in [0.2, 0.25) is 17.7 Å². The molecule has 0 fully saturated rings. The van der Waals surface area contributed by atoms with Gasteiger partial charge in [-0.1, -0.05) is 0 Å². The van der Waals surface area contributed by atoms with Crippen LogP contribution in [0.2, 0.25) is 0 Å². The number of aromatic nitrogens is 2. The molecule has 0 bridgehead atoms. The number of anilines is 1. The van der Waals surface area contributed by atoms with Crippen molar-refractivity contribution < 1.29 is 9.90 Å². The summed E-state index contributed by atoms with van der Waals surface area (Å²) in [6.07, 6.45) is 1.26. The van der Waals surface area contributed by atoms with Crippen LogP contribution >= 0.6 is 0 Å². The Morgan fingerprint density at radius 3 is 3.00 bits per heavy atom. The molecular weight excluding hydrogens is 186 g/mol. The third-order valence-corrected chi connectivity index (χ3v) is 1.50. The fraction of sp³-hybridized carbons (Fsp3) is 0.143. The number of hydrogen-bond donors (Lipinski definition) is 2. The lowest BCUT2D eigenvalue weighted by molar-refractivity contribution is -0.114. The molecule has 71 valence electrons. The van der Waals surface area contributed by atoms with Gasteiger partial charge in [-0.05, 0) is 0 Å². The Kier molecular flexibility index (Phi) is 1.77. The van der Waals surface area contributed by atoms with Gasteiger partial charge in [0.15, 0.2) is 11.5 Å². The minimum Gasteiger partial charge on any atom is -0.492 e. The van der Waals surface area contributed by atoms with Gasteiger partial charge in [-0.3, -0.25) is 10.1 Å². The predicted octanol–water partition coefficient (Wildman–Crippen LogP) is 0.0499. The fourth-order valence-electron chi connectivity index (χ4n) is 0.992. The van der Waals surface area contributed by atoms with Crippen LogP contribution in [0.5, 0.6) is 5.88 Å². The molecule has 0 aromatic carbocycles. The van der Waals surface area contributed by atoms with Crippen molar-refractivity contribution >= 4 is 29.7 Å². The van der Waals surface area contributed by atoms with E-state index in [0.717, 1.165) is 0 Å². The second-order valence-electron chi connectivity index (χ2n) is 2.60. The Balaban J connectivity index is 2.39. The van der Waals surface area contributed by atoms with Crippen LogP contribution in [0.3, 0.4) is 0 Å². The summed E-state index contributed by atoms with van der Waals surface area (Å²) in [7, 11) is 0. The lowest BCUT2D eigenvalue weighted by Gasteiger charge is -2.02. The molecule has 1 radical (unpaired) electrons. The molecule has 1 aromatic rings. The minimum atomic E-state index is -0.316. The zero-order valence-corrected chi connectivity index (χ0v) is 7.22. The van der Waals surface area contributed by atoms with Crippen LogP contribution in [0.25, 0.3) is 0 Å². The molecule has 2 N–H and O–H groups in total. The van der Waals surface area contributed by atoms with Crippen molar-refractivity contribution in [3.8, 4) is 5.88 Å². The highest BCUT2D eigenvalue weighted by molar-refractivity contribution is 5.88. The Labute approximate surface area is 78.9 Å². The highest BCUT2D eigenvalue weighted by atomic mass is 16.3. The van der Waals surface area contributed by atoms with Gasteiger partial charge in [0.25, 0.3) is 0 Å². The van der Waals surface area contributed by atoms with E-state index in [4.69, 9.17) is 0 Å². The fourth-order valence-corrected chi connectivity index (χ4v) is 0.992. The number of fused-ring (bicyclic) bond motifs is 1. The van der Waals surface area contributed by atoms with E-state index in [1.807, 2.05) is 0 Å². The van der Waals surface area contributed by atoms with Crippen LogP contribution in [-0.4, -0.2) is 27.3 Å². The summed E-state index contributed by atoms with van der Waals surface area (Å²) in [5.41, 5.74) is 0.221. The largest absolute Gasteiger partial charge is 0.492 e. The summed E-state index contributed by atoms with van der Waals surface area (Å²) in [6.45, 7) is 1.32. The summed E-state index contributed by atoms with van der Waals surface area (Å²) < 4.78 is 0. The molecule has 1 aliphatic heterocycles. The number of carbonyl (C=O) groups is 1. The highest BCUT2D eigenvalue weighted by Gasteiger charge is 2.17. The summed E-state index contributed by atoms with van der Waals surface area (Å²) >= 11 is 0. The average Bonchev–Trinajstić information content (AvgIpc) is 2.50. The third kappa shape index (κ3) is 1.35. The van der Waals surface area contributed by atoms with Crippen molar-refractivity contribution in [2.75, 3.05) is 5.32 Å². The molecule has 0 spiro atoms. The lowest BCUT2D eigenvalue weighted by atomic mass is 10.5. The molecule has 1 amide bonds. The van der Waals surface area contributed by atoms with Crippen molar-refractivity contribution in [2.24, 2.45) is 4.99 Å². The SMILES string of the molecule is CC(=O)Nc1nc(O)c2c(n1)[N]C=N2. The number of nitrogens with zero attached hydrogens (tertiary/aromatic N) is 4. The predicted molar refractivity (Wildman–Crippen MR) is 47.9 cm³/mol. The molecule has 7 heteroatoms. The minimum absolute atomic E-state index is 0.0167. The maximum atomic E-state index is 10.7. The highest BCUT2D eigenvalue weighted by Crippen LogP contribution is 2.34. The van der Waals surface area contributed by atoms with Crippen molar-refractivity contribution in [3.05, 3.63) is 0 Å². The molecule has 7 nitrogen and oxygen atoms in total. The second kappa shape index (κ2) is 2.95. The first-order chi connectivity index (χ1) is 6.66. The average molecular weight is 192 g/mol. The molecule has 2 rings (SSSR count). The quantitative estimate of drug-likeness (QED) is 0.656.